The first kappa shape index (κ1) is 66.4. The Morgan fingerprint density at radius 2 is 1.38 bits per heavy atom. The second kappa shape index (κ2) is 31.9. The summed E-state index contributed by atoms with van der Waals surface area (Å²) in [5.74, 6) is -7.70. The number of aliphatic imine (C=N–C) groups is 1. The Balaban J connectivity index is 1.32. The highest BCUT2D eigenvalue weighted by Crippen LogP contribution is 2.36. The largest absolute Gasteiger partial charge is 0.548 e. The number of carbonyl (C=O) groups excluding carboxylic acids is 7. The van der Waals surface area contributed by atoms with Crippen LogP contribution in [0.2, 0.25) is 0 Å². The maximum atomic E-state index is 14.7. The summed E-state index contributed by atoms with van der Waals surface area (Å²) in [6, 6.07) is -5.25. The molecular formula is C53H87N5O22. The summed E-state index contributed by atoms with van der Waals surface area (Å²) in [5, 5.41) is 59.7. The molecule has 27 heteroatoms. The van der Waals surface area contributed by atoms with E-state index >= 15 is 0 Å². The summed E-state index contributed by atoms with van der Waals surface area (Å²) in [6.07, 6.45) is -10.1. The van der Waals surface area contributed by atoms with Gasteiger partial charge in [-0.1, -0.05) is 78.1 Å². The van der Waals surface area contributed by atoms with Gasteiger partial charge < -0.3 is 88.3 Å². The molecule has 11 unspecified atom stereocenters. The number of esters is 3. The number of ether oxygens (including phenoxy) is 10. The molecule has 8 N–H and O–H groups in total. The number of quaternary nitrogens is 1. The highest BCUT2D eigenvalue weighted by atomic mass is 16.7. The Morgan fingerprint density at radius 3 is 1.95 bits per heavy atom. The highest BCUT2D eigenvalue weighted by molar-refractivity contribution is 6.32. The first-order chi connectivity index (χ1) is 38.1. The van der Waals surface area contributed by atoms with E-state index in [0.717, 1.165) is 50.3 Å². The maximum absolute atomic E-state index is 14.7. The van der Waals surface area contributed by atoms with Crippen molar-refractivity contribution in [2.45, 2.75) is 233 Å². The van der Waals surface area contributed by atoms with Crippen LogP contribution in [0.15, 0.2) is 4.99 Å². The van der Waals surface area contributed by atoms with Crippen molar-refractivity contribution in [1.82, 2.24) is 15.1 Å². The third kappa shape index (κ3) is 17.4. The monoisotopic (exact) mass is 1150 g/mol. The minimum absolute atomic E-state index is 0.0428. The number of hydrogen-bond donors (Lipinski definition) is 6. The van der Waals surface area contributed by atoms with E-state index in [1.807, 2.05) is 5.32 Å². The molecule has 27 nitrogen and oxygen atoms in total. The Labute approximate surface area is 466 Å². The van der Waals surface area contributed by atoms with Gasteiger partial charge >= 0.3 is 17.9 Å². The number of nitrogens with zero attached hydrogens (tertiary/aromatic N) is 3. The van der Waals surface area contributed by atoms with Gasteiger partial charge in [0.2, 0.25) is 12.2 Å². The van der Waals surface area contributed by atoms with Gasteiger partial charge in [-0.05, 0) is 32.7 Å². The predicted octanol–water partition coefficient (Wildman–Crippen LogP) is -2.80. The van der Waals surface area contributed by atoms with Crippen LogP contribution >= 0.6 is 0 Å². The molecule has 3 amide bonds. The number of aliphatic hydroxyl groups excluding tert-OH is 4. The summed E-state index contributed by atoms with van der Waals surface area (Å²) in [5.41, 5.74) is 3.71. The minimum Gasteiger partial charge on any atom is -0.548 e. The fourth-order valence-corrected chi connectivity index (χ4v) is 11.2. The quantitative estimate of drug-likeness (QED) is 0.0177. The van der Waals surface area contributed by atoms with Crippen LogP contribution in [-0.4, -0.2) is 243 Å². The lowest BCUT2D eigenvalue weighted by Crippen LogP contribution is -2.60. The van der Waals surface area contributed by atoms with Gasteiger partial charge in [-0.2, -0.15) is 0 Å². The molecular weight excluding hydrogens is 1060 g/mol. The molecule has 5 aliphatic heterocycles. The number of nitrogens with one attached hydrogen (secondary N) is 1. The van der Waals surface area contributed by atoms with E-state index in [1.54, 1.807) is 13.8 Å². The molecule has 0 aromatic rings. The van der Waals surface area contributed by atoms with Gasteiger partial charge in [-0.25, -0.2) is 0 Å². The summed E-state index contributed by atoms with van der Waals surface area (Å²) in [7, 11) is 6.83. The van der Waals surface area contributed by atoms with Gasteiger partial charge in [0.25, 0.3) is 11.8 Å². The zero-order chi connectivity index (χ0) is 59.0. The van der Waals surface area contributed by atoms with Crippen LogP contribution < -0.4 is 16.2 Å². The van der Waals surface area contributed by atoms with Crippen molar-refractivity contribution in [3.63, 3.8) is 0 Å². The van der Waals surface area contributed by atoms with Crippen molar-refractivity contribution in [2.75, 3.05) is 48.5 Å². The second-order valence-corrected chi connectivity index (χ2v) is 21.6. The van der Waals surface area contributed by atoms with Gasteiger partial charge in [0, 0.05) is 47.8 Å². The molecule has 5 aliphatic rings. The Morgan fingerprint density at radius 1 is 0.775 bits per heavy atom. The molecule has 5 rings (SSSR count). The van der Waals surface area contributed by atoms with Gasteiger partial charge in [0.15, 0.2) is 12.3 Å². The first-order valence-corrected chi connectivity index (χ1v) is 28.0. The summed E-state index contributed by atoms with van der Waals surface area (Å²) >= 11 is 0. The third-order valence-corrected chi connectivity index (χ3v) is 15.5. The number of aliphatic hydroxyl groups is 4. The van der Waals surface area contributed by atoms with Crippen LogP contribution in [0.4, 0.5) is 0 Å². The number of likely N-dealkylation sites (N-methyl/N-ethyl adjacent to an activating group) is 2. The molecule has 4 saturated heterocycles. The average Bonchev–Trinajstić information content (AvgIpc) is 3.90. The predicted molar refractivity (Wildman–Crippen MR) is 274 cm³/mol. The molecule has 0 spiro atoms. The molecule has 0 radical (unpaired) electrons. The molecule has 80 heavy (non-hydrogen) atoms. The Hall–Kier alpha value is -4.36. The number of carbonyl (C=O) groups is 7. The summed E-state index contributed by atoms with van der Waals surface area (Å²) in [4.78, 5) is 99.2. The van der Waals surface area contributed by atoms with Crippen molar-refractivity contribution in [2.24, 2.45) is 10.9 Å². The van der Waals surface area contributed by atoms with Crippen molar-refractivity contribution in [3.8, 4) is 0 Å². The maximum Gasteiger partial charge on any atom is 0.309 e. The normalized spacial score (nSPS) is 34.1. The highest BCUT2D eigenvalue weighted by Gasteiger charge is 2.58. The number of carboxylic acids is 1. The first-order valence-electron chi connectivity index (χ1n) is 28.0. The van der Waals surface area contributed by atoms with E-state index in [1.165, 1.54) is 65.4 Å². The molecule has 0 saturated carbocycles. The van der Waals surface area contributed by atoms with Crippen LogP contribution in [-0.2, 0) is 80.9 Å². The number of imide groups is 1. The van der Waals surface area contributed by atoms with Crippen molar-refractivity contribution < 1.29 is 112 Å². The number of rotatable bonds is 31. The molecule has 4 fully saturated rings. The molecule has 20 atom stereocenters. The molecule has 0 aromatic heterocycles. The van der Waals surface area contributed by atoms with Crippen LogP contribution in [0.1, 0.15) is 117 Å². The fourth-order valence-electron chi connectivity index (χ4n) is 11.2. The number of amides is 3. The van der Waals surface area contributed by atoms with Crippen molar-refractivity contribution in [1.29, 1.82) is 0 Å². The molecule has 456 valence electrons. The number of carboxylic acid groups (broad SMARTS) is 1. The lowest BCUT2D eigenvalue weighted by Gasteiger charge is -2.43. The van der Waals surface area contributed by atoms with E-state index in [2.05, 4.69) is 17.6 Å². The van der Waals surface area contributed by atoms with Gasteiger partial charge in [0.05, 0.1) is 24.7 Å². The molecule has 0 bridgehead atoms. The number of hydrogen-bond acceptors (Lipinski definition) is 24. The van der Waals surface area contributed by atoms with Gasteiger partial charge in [0.1, 0.15) is 98.0 Å². The SMILES string of the molecule is CCCCCCCCCCCCCC(CC(=O)O[C@H]1CN(C)C(C(OC2OC(C[NH3+])[C@@H](O)[C@H]2O)C2OC(C3N=CC(=O)NC3=O)[C@H](O)[C@@H]2O)C(=O)N(C)[C@@H]1C(=O)[O-])OC(=O)CC(C)CC(=O)O[C@@H]1OC(C)C(OC)[C@@H](OC)[C@H]1OC. The smallest absolute Gasteiger partial charge is 0.309 e. The van der Waals surface area contributed by atoms with E-state index in [9.17, 15) is 59.1 Å². The standard InChI is InChI=1S/C53H87N5O22/c1-9-10-11-12-13-14-15-16-17-18-19-20-29(75-33(60)21-27(2)22-34(61)78-53-48(73-8)47(72-7)43(71-6)28(3)74-53)23-35(62)76-31-26-57(4)38(50(68)58(5)37(31)51(69)70)45(80-52-42(66)39(63)30(24-54)77-52)46-41(65)40(64)44(79-46)36-49(67)56-32(59)25-55-36/h25,27-31,36-48,52-53,63-66H,9-24,26,54H2,1-8H3,(H,69,70)(H,56,59,67)/t27?,28?,29?,30?,31-,36?,37-,38?,39+,40+,41-,42+,43?,44?,45?,46?,47+,48+,52?,53-/m0/s1. The topological polar surface area (TPSA) is 374 Å². The number of methoxy groups -OCH3 is 3. The van der Waals surface area contributed by atoms with Crippen LogP contribution in [0.3, 0.4) is 0 Å². The lowest BCUT2D eigenvalue weighted by molar-refractivity contribution is -0.391. The molecule has 0 aromatic carbocycles. The van der Waals surface area contributed by atoms with E-state index in [0.29, 0.717) is 6.42 Å². The van der Waals surface area contributed by atoms with E-state index in [-0.39, 0.29) is 25.8 Å². The van der Waals surface area contributed by atoms with E-state index in [4.69, 9.17) is 47.4 Å². The zero-order valence-corrected chi connectivity index (χ0v) is 47.3. The van der Waals surface area contributed by atoms with Crippen molar-refractivity contribution >= 4 is 47.8 Å². The van der Waals surface area contributed by atoms with Crippen LogP contribution in [0, 0.1) is 5.92 Å². The third-order valence-electron chi connectivity index (χ3n) is 15.5. The van der Waals surface area contributed by atoms with Gasteiger partial charge in [-0.3, -0.25) is 44.0 Å². The zero-order valence-electron chi connectivity index (χ0n) is 47.3. The summed E-state index contributed by atoms with van der Waals surface area (Å²) in [6.45, 7) is 4.98. The van der Waals surface area contributed by atoms with Crippen LogP contribution in [0.5, 0.6) is 0 Å². The molecule has 0 aliphatic carbocycles. The van der Waals surface area contributed by atoms with Gasteiger partial charge in [-0.15, -0.1) is 0 Å². The summed E-state index contributed by atoms with van der Waals surface area (Å²) < 4.78 is 58.0. The van der Waals surface area contributed by atoms with Crippen molar-refractivity contribution in [3.05, 3.63) is 0 Å². The lowest BCUT2D eigenvalue weighted by atomic mass is 9.95. The Kier molecular flexibility index (Phi) is 26.5. The second-order valence-electron chi connectivity index (χ2n) is 21.6. The fraction of sp³-hybridized carbons (Fsp3) is 0.849. The number of aliphatic carboxylic acids is 1. The van der Waals surface area contributed by atoms with E-state index < -0.39 is 177 Å². The number of unbranched alkanes of at least 4 members (excludes halogenated alkanes) is 10. The minimum atomic E-state index is -1.97. The van der Waals surface area contributed by atoms with Crippen LogP contribution in [0.25, 0.3) is 0 Å². The Bertz CT molecular complexity index is 2070. The molecule has 5 heterocycles. The average molecular weight is 1150 g/mol.